The molecular formula is C29H36N4O9. The zero-order valence-corrected chi connectivity index (χ0v) is 24.1. The number of benzene rings is 1. The van der Waals surface area contributed by atoms with Gasteiger partial charge < -0.3 is 36.4 Å². The Balaban J connectivity index is 1.89. The summed E-state index contributed by atoms with van der Waals surface area (Å²) in [6, 6.07) is 0.330. The summed E-state index contributed by atoms with van der Waals surface area (Å²) in [7, 11) is 6.50. The highest BCUT2D eigenvalue weighted by Crippen LogP contribution is 2.54. The van der Waals surface area contributed by atoms with Crippen LogP contribution in [0.15, 0.2) is 23.0 Å². The van der Waals surface area contributed by atoms with Gasteiger partial charge in [0.2, 0.25) is 11.7 Å². The summed E-state index contributed by atoms with van der Waals surface area (Å²) in [5.41, 5.74) is 2.15. The third-order valence-electron chi connectivity index (χ3n) is 8.43. The second kappa shape index (κ2) is 10.9. The van der Waals surface area contributed by atoms with Crippen LogP contribution in [0.3, 0.4) is 0 Å². The number of nitrogens with zero attached hydrogens (tertiary/aromatic N) is 2. The molecule has 1 aromatic rings. The van der Waals surface area contributed by atoms with Gasteiger partial charge in [0.15, 0.2) is 17.2 Å². The molecule has 7 N–H and O–H groups in total. The van der Waals surface area contributed by atoms with Crippen LogP contribution in [0.4, 0.5) is 5.69 Å². The van der Waals surface area contributed by atoms with E-state index in [4.69, 9.17) is 5.73 Å². The van der Waals surface area contributed by atoms with Crippen molar-refractivity contribution in [1.82, 2.24) is 10.2 Å². The van der Waals surface area contributed by atoms with Crippen LogP contribution in [0, 0.1) is 11.8 Å². The maximum Gasteiger partial charge on any atom is 0.255 e. The largest absolute Gasteiger partial charge is 0.508 e. The van der Waals surface area contributed by atoms with Crippen LogP contribution in [0.1, 0.15) is 47.7 Å². The molecule has 0 aliphatic heterocycles. The van der Waals surface area contributed by atoms with Crippen molar-refractivity contribution in [2.75, 3.05) is 39.6 Å². The second-order valence-corrected chi connectivity index (χ2v) is 11.5. The number of amides is 2. The lowest BCUT2D eigenvalue weighted by Crippen LogP contribution is -2.65. The smallest absolute Gasteiger partial charge is 0.255 e. The Kier molecular flexibility index (Phi) is 7.96. The zero-order chi connectivity index (χ0) is 31.4. The van der Waals surface area contributed by atoms with Crippen molar-refractivity contribution in [1.29, 1.82) is 0 Å². The number of fused-ring (bicyclic) bond motifs is 3. The van der Waals surface area contributed by atoms with Gasteiger partial charge in [-0.05, 0) is 50.9 Å². The lowest BCUT2D eigenvalue weighted by molar-refractivity contribution is -0.153. The number of phenols is 1. The number of primary amides is 1. The van der Waals surface area contributed by atoms with Crippen molar-refractivity contribution >= 4 is 40.6 Å². The summed E-state index contributed by atoms with van der Waals surface area (Å²) in [6.07, 6.45) is 0.345. The van der Waals surface area contributed by atoms with Crippen LogP contribution in [-0.2, 0) is 25.6 Å². The van der Waals surface area contributed by atoms with Crippen molar-refractivity contribution in [2.45, 2.75) is 44.2 Å². The Hall–Kier alpha value is -4.23. The van der Waals surface area contributed by atoms with Crippen LogP contribution < -0.4 is 16.0 Å². The molecule has 0 spiro atoms. The molecule has 0 bridgehead atoms. The van der Waals surface area contributed by atoms with Gasteiger partial charge in [0, 0.05) is 51.2 Å². The van der Waals surface area contributed by atoms with Gasteiger partial charge in [0.05, 0.1) is 17.2 Å². The number of carbonyl (C=O) groups is 5. The first kappa shape index (κ1) is 30.7. The van der Waals surface area contributed by atoms with Crippen molar-refractivity contribution in [3.8, 4) is 5.75 Å². The van der Waals surface area contributed by atoms with Crippen molar-refractivity contribution in [2.24, 2.45) is 17.6 Å². The number of rotatable bonds is 8. The second-order valence-electron chi connectivity index (χ2n) is 11.5. The first-order chi connectivity index (χ1) is 19.5. The van der Waals surface area contributed by atoms with Gasteiger partial charge in [0.1, 0.15) is 22.8 Å². The molecule has 0 heterocycles. The molecule has 13 heteroatoms. The highest BCUT2D eigenvalue weighted by atomic mass is 16.3. The standard InChI is InChI=1S/C29H36N4O9/c1-12(34)31-8-6-7-18(35)15-11-17(32(2)3)14-9-13-10-16-22(33(4)5)25(38)21(28(30)41)27(40)29(16,42)26(39)19(13)24(37)20(14)23(15)36/h11,13,16,22,36-37,40,42H,6-10H2,1-5H3,(H2,30,41)(H,31,34)/t13-,16-,22-,29-/m0/s1. The number of phenolic OH excluding ortho intramolecular Hbond substituents is 1. The number of ketones is 3. The van der Waals surface area contributed by atoms with E-state index >= 15 is 0 Å². The zero-order valence-electron chi connectivity index (χ0n) is 24.1. The van der Waals surface area contributed by atoms with Crippen LogP contribution in [0.5, 0.6) is 5.75 Å². The fraction of sp³-hybridized carbons (Fsp3) is 0.483. The summed E-state index contributed by atoms with van der Waals surface area (Å²) in [6.45, 7) is 1.60. The van der Waals surface area contributed by atoms with Gasteiger partial charge in [-0.25, -0.2) is 0 Å². The molecule has 1 saturated carbocycles. The Bertz CT molecular complexity index is 1480. The summed E-state index contributed by atoms with van der Waals surface area (Å²) < 4.78 is 0. The van der Waals surface area contributed by atoms with E-state index in [1.165, 1.54) is 32.0 Å². The average molecular weight is 585 g/mol. The van der Waals surface area contributed by atoms with E-state index in [2.05, 4.69) is 5.32 Å². The molecule has 3 aliphatic rings. The van der Waals surface area contributed by atoms with E-state index in [0.29, 0.717) is 17.7 Å². The Morgan fingerprint density at radius 2 is 1.76 bits per heavy atom. The lowest BCUT2D eigenvalue weighted by atomic mass is 9.57. The third kappa shape index (κ3) is 4.62. The Morgan fingerprint density at radius 3 is 2.31 bits per heavy atom. The van der Waals surface area contributed by atoms with E-state index in [-0.39, 0.29) is 48.4 Å². The predicted octanol–water partition coefficient (Wildman–Crippen LogP) is 0.129. The topological polar surface area (TPSA) is 211 Å². The van der Waals surface area contributed by atoms with Crippen molar-refractivity contribution < 1.29 is 44.4 Å². The minimum atomic E-state index is -2.75. The van der Waals surface area contributed by atoms with E-state index < -0.39 is 69.6 Å². The van der Waals surface area contributed by atoms with E-state index in [9.17, 15) is 44.4 Å². The van der Waals surface area contributed by atoms with Crippen LogP contribution >= 0.6 is 0 Å². The quantitative estimate of drug-likeness (QED) is 0.137. The summed E-state index contributed by atoms with van der Waals surface area (Å²) in [4.78, 5) is 66.8. The van der Waals surface area contributed by atoms with Crippen molar-refractivity contribution in [3.05, 3.63) is 39.7 Å². The number of nitrogens with two attached hydrogens (primary N) is 1. The number of nitrogens with one attached hydrogen (secondary N) is 1. The number of likely N-dealkylation sites (N-methyl/N-ethyl adjacent to an activating group) is 1. The maximum atomic E-state index is 14.0. The van der Waals surface area contributed by atoms with Gasteiger partial charge in [-0.3, -0.25) is 28.9 Å². The normalized spacial score (nSPS) is 25.2. The van der Waals surface area contributed by atoms with Crippen molar-refractivity contribution in [3.63, 3.8) is 0 Å². The van der Waals surface area contributed by atoms with Crippen LogP contribution in [0.25, 0.3) is 5.76 Å². The molecule has 0 unspecified atom stereocenters. The Morgan fingerprint density at radius 1 is 1.12 bits per heavy atom. The number of hydrogen-bond acceptors (Lipinski definition) is 11. The molecule has 0 saturated heterocycles. The van der Waals surface area contributed by atoms with Gasteiger partial charge in [-0.1, -0.05) is 0 Å². The molecule has 4 rings (SSSR count). The molecule has 1 aromatic carbocycles. The van der Waals surface area contributed by atoms with E-state index in [1.54, 1.807) is 19.0 Å². The number of hydrogen-bond donors (Lipinski definition) is 6. The van der Waals surface area contributed by atoms with Crippen LogP contribution in [0.2, 0.25) is 0 Å². The van der Waals surface area contributed by atoms with Crippen LogP contribution in [-0.4, -0.2) is 101 Å². The number of aliphatic hydroxyl groups is 3. The molecule has 4 atom stereocenters. The molecule has 2 amide bonds. The monoisotopic (exact) mass is 584 g/mol. The highest BCUT2D eigenvalue weighted by Gasteiger charge is 2.64. The van der Waals surface area contributed by atoms with E-state index in [0.717, 1.165) is 0 Å². The van der Waals surface area contributed by atoms with Gasteiger partial charge >= 0.3 is 0 Å². The van der Waals surface area contributed by atoms with Gasteiger partial charge in [-0.2, -0.15) is 0 Å². The number of aliphatic hydroxyl groups excluding tert-OH is 2. The number of Topliss-reactive ketones (excluding diaryl/α,β-unsaturated/α-hetero) is 3. The minimum Gasteiger partial charge on any atom is -0.508 e. The lowest BCUT2D eigenvalue weighted by Gasteiger charge is -2.50. The average Bonchev–Trinajstić information content (AvgIpc) is 2.88. The molecule has 1 fully saturated rings. The maximum absolute atomic E-state index is 14.0. The first-order valence-corrected chi connectivity index (χ1v) is 13.5. The summed E-state index contributed by atoms with van der Waals surface area (Å²) in [5, 5.41) is 48.1. The highest BCUT2D eigenvalue weighted by molar-refractivity contribution is 6.24. The molecule has 0 radical (unpaired) electrons. The number of anilines is 1. The molecular weight excluding hydrogens is 548 g/mol. The molecule has 13 nitrogen and oxygen atoms in total. The summed E-state index contributed by atoms with van der Waals surface area (Å²) in [5.74, 6) is -8.26. The van der Waals surface area contributed by atoms with Gasteiger partial charge in [-0.15, -0.1) is 0 Å². The molecule has 42 heavy (non-hydrogen) atoms. The SMILES string of the molecule is CC(=O)NCCCC(=O)c1cc(N(C)C)c2c(c1O)C(O)=C1C(=O)[C@]3(O)C(O)=C(C(N)=O)C(=O)[C@@H](N(C)C)[C@@H]3C[C@@H]1C2. The summed E-state index contributed by atoms with van der Waals surface area (Å²) >= 11 is 0. The Labute approximate surface area is 242 Å². The minimum absolute atomic E-state index is 0.0195. The molecule has 226 valence electrons. The third-order valence-corrected chi connectivity index (χ3v) is 8.43. The number of aromatic hydroxyl groups is 1. The van der Waals surface area contributed by atoms with Gasteiger partial charge in [0.25, 0.3) is 5.91 Å². The van der Waals surface area contributed by atoms with E-state index in [1.807, 2.05) is 0 Å². The molecule has 3 aliphatic carbocycles. The number of carbonyl (C=O) groups excluding carboxylic acids is 5. The first-order valence-electron chi connectivity index (χ1n) is 13.5. The fourth-order valence-electron chi connectivity index (χ4n) is 6.55. The predicted molar refractivity (Wildman–Crippen MR) is 151 cm³/mol. The molecule has 0 aromatic heterocycles. The fourth-order valence-corrected chi connectivity index (χ4v) is 6.55.